The number of aromatic nitrogens is 1. The maximum absolute atomic E-state index is 13.4. The van der Waals surface area contributed by atoms with E-state index in [0.717, 1.165) is 30.0 Å². The molecule has 0 spiro atoms. The molecule has 2 heterocycles. The second-order valence-electron chi connectivity index (χ2n) is 8.25. The van der Waals surface area contributed by atoms with Crippen LogP contribution in [-0.2, 0) is 21.2 Å². The Morgan fingerprint density at radius 3 is 2.61 bits per heavy atom. The number of carbonyl (C=O) groups is 1. The Morgan fingerprint density at radius 1 is 1.12 bits per heavy atom. The predicted molar refractivity (Wildman–Crippen MR) is 129 cm³/mol. The SMILES string of the molecule is O=C(CCS(=O)(=O)c1ccc2cc(Cl)ccc2c1)[N+]1(N=c2sccn2CCO)CCCCC1. The maximum atomic E-state index is 13.4. The summed E-state index contributed by atoms with van der Waals surface area (Å²) in [6, 6.07) is 10.2. The smallest absolute Gasteiger partial charge is 0.340 e. The summed E-state index contributed by atoms with van der Waals surface area (Å²) in [7, 11) is -3.64. The molecule has 0 atom stereocenters. The second-order valence-corrected chi connectivity index (χ2v) is 11.7. The standard InChI is InChI=1S/C23H27ClN3O4S2/c24-20-6-4-19-17-21(7-5-18(19)16-20)33(30,31)15-8-22(29)27(11-2-1-3-12-27)25-23-26(9-13-28)10-14-32-23/h4-7,10,14,16-17,28H,1-3,8-9,11-13,15H2/q+1. The van der Waals surface area contributed by atoms with Crippen molar-refractivity contribution in [1.82, 2.24) is 4.57 Å². The highest BCUT2D eigenvalue weighted by atomic mass is 35.5. The highest BCUT2D eigenvalue weighted by molar-refractivity contribution is 7.91. The number of aliphatic hydroxyl groups is 1. The normalized spacial score (nSPS) is 16.8. The highest BCUT2D eigenvalue weighted by Gasteiger charge is 2.39. The van der Waals surface area contributed by atoms with Gasteiger partial charge >= 0.3 is 5.91 Å². The van der Waals surface area contributed by atoms with Crippen LogP contribution in [0.5, 0.6) is 0 Å². The molecule has 1 saturated heterocycles. The van der Waals surface area contributed by atoms with E-state index in [1.54, 1.807) is 36.4 Å². The van der Waals surface area contributed by atoms with Gasteiger partial charge in [-0.25, -0.2) is 13.2 Å². The first kappa shape index (κ1) is 24.1. The number of likely N-dealkylation sites (tertiary alicyclic amines) is 1. The van der Waals surface area contributed by atoms with E-state index in [2.05, 4.69) is 0 Å². The molecular formula is C23H27ClN3O4S2+. The van der Waals surface area contributed by atoms with Crippen molar-refractivity contribution >= 4 is 49.5 Å². The van der Waals surface area contributed by atoms with Crippen LogP contribution in [0.15, 0.2) is 58.0 Å². The highest BCUT2D eigenvalue weighted by Crippen LogP contribution is 2.25. The molecule has 1 aromatic heterocycles. The maximum Gasteiger partial charge on any atom is 0.340 e. The van der Waals surface area contributed by atoms with Gasteiger partial charge in [0.2, 0.25) is 4.80 Å². The van der Waals surface area contributed by atoms with Crippen molar-refractivity contribution in [2.75, 3.05) is 25.4 Å². The van der Waals surface area contributed by atoms with Gasteiger partial charge in [-0.3, -0.25) is 0 Å². The minimum Gasteiger partial charge on any atom is -0.395 e. The van der Waals surface area contributed by atoms with E-state index in [1.807, 2.05) is 16.1 Å². The Bertz CT molecular complexity index is 1320. The van der Waals surface area contributed by atoms with Crippen LogP contribution >= 0.6 is 22.9 Å². The molecular weight excluding hydrogens is 482 g/mol. The molecule has 4 rings (SSSR count). The predicted octanol–water partition coefficient (Wildman–Crippen LogP) is 3.56. The van der Waals surface area contributed by atoms with E-state index >= 15 is 0 Å². The van der Waals surface area contributed by atoms with Gasteiger partial charge in [-0.1, -0.05) is 23.7 Å². The van der Waals surface area contributed by atoms with Gasteiger partial charge < -0.3 is 9.67 Å². The summed E-state index contributed by atoms with van der Waals surface area (Å²) in [5.41, 5.74) is 0. The summed E-state index contributed by atoms with van der Waals surface area (Å²) in [5, 5.41) is 18.2. The van der Waals surface area contributed by atoms with Crippen LogP contribution in [0.4, 0.5) is 0 Å². The van der Waals surface area contributed by atoms with Gasteiger partial charge in [0, 0.05) is 23.1 Å². The Hall–Kier alpha value is -2.04. The lowest BCUT2D eigenvalue weighted by molar-refractivity contribution is -0.869. The van der Waals surface area contributed by atoms with Crippen LogP contribution in [0.3, 0.4) is 0 Å². The van der Waals surface area contributed by atoms with Crippen LogP contribution in [0.2, 0.25) is 5.02 Å². The van der Waals surface area contributed by atoms with E-state index in [-0.39, 0.29) is 34.2 Å². The Kier molecular flexibility index (Phi) is 7.35. The number of carbonyl (C=O) groups excluding carboxylic acids is 1. The van der Waals surface area contributed by atoms with Crippen LogP contribution in [0.25, 0.3) is 10.8 Å². The summed E-state index contributed by atoms with van der Waals surface area (Å²) in [6.07, 6.45) is 4.49. The summed E-state index contributed by atoms with van der Waals surface area (Å²) in [6.45, 7) is 1.51. The first-order chi connectivity index (χ1) is 15.8. The topological polar surface area (TPSA) is 88.7 Å². The average molecular weight is 509 g/mol. The van der Waals surface area contributed by atoms with Gasteiger partial charge in [0.25, 0.3) is 0 Å². The molecule has 3 aromatic rings. The van der Waals surface area contributed by atoms with E-state index in [1.165, 1.54) is 11.3 Å². The number of hydrogen-bond acceptors (Lipinski definition) is 6. The van der Waals surface area contributed by atoms with Crippen molar-refractivity contribution in [3.05, 3.63) is 57.8 Å². The number of sulfone groups is 1. The minimum atomic E-state index is -3.64. The van der Waals surface area contributed by atoms with Crippen LogP contribution in [0.1, 0.15) is 25.7 Å². The molecule has 0 aliphatic carbocycles. The average Bonchev–Trinajstić information content (AvgIpc) is 3.24. The molecule has 1 aliphatic heterocycles. The van der Waals surface area contributed by atoms with Crippen molar-refractivity contribution in [3.63, 3.8) is 0 Å². The second kappa shape index (κ2) is 10.1. The van der Waals surface area contributed by atoms with E-state index < -0.39 is 9.84 Å². The molecule has 1 aliphatic rings. The van der Waals surface area contributed by atoms with Gasteiger partial charge in [0.1, 0.15) is 13.1 Å². The summed E-state index contributed by atoms with van der Waals surface area (Å²) >= 11 is 7.43. The number of thiazole rings is 1. The molecule has 1 fully saturated rings. The van der Waals surface area contributed by atoms with Crippen molar-refractivity contribution in [1.29, 1.82) is 0 Å². The molecule has 2 aromatic carbocycles. The number of nitrogens with zero attached hydrogens (tertiary/aromatic N) is 3. The van der Waals surface area contributed by atoms with Gasteiger partial charge in [-0.2, -0.15) is 0 Å². The van der Waals surface area contributed by atoms with Crippen molar-refractivity contribution in [2.24, 2.45) is 5.10 Å². The fraction of sp³-hybridized carbons (Fsp3) is 0.391. The largest absolute Gasteiger partial charge is 0.395 e. The van der Waals surface area contributed by atoms with E-state index in [4.69, 9.17) is 16.7 Å². The molecule has 10 heteroatoms. The number of amides is 1. The van der Waals surface area contributed by atoms with Crippen LogP contribution in [-0.4, -0.2) is 54.0 Å². The Balaban J connectivity index is 1.57. The quantitative estimate of drug-likeness (QED) is 0.494. The van der Waals surface area contributed by atoms with E-state index in [9.17, 15) is 18.3 Å². The van der Waals surface area contributed by atoms with Gasteiger partial charge in [0.15, 0.2) is 9.84 Å². The zero-order valence-electron chi connectivity index (χ0n) is 18.2. The minimum absolute atomic E-state index is 0.0198. The number of halogens is 1. The first-order valence-corrected chi connectivity index (χ1v) is 13.9. The zero-order chi connectivity index (χ0) is 23.5. The number of hydrogen-bond donors (Lipinski definition) is 1. The van der Waals surface area contributed by atoms with Gasteiger partial charge in [0.05, 0.1) is 23.7 Å². The molecule has 0 radical (unpaired) electrons. The molecule has 1 N–H and O–H groups in total. The molecule has 1 amide bonds. The monoisotopic (exact) mass is 508 g/mol. The molecule has 0 bridgehead atoms. The lowest BCUT2D eigenvalue weighted by atomic mass is 10.1. The van der Waals surface area contributed by atoms with E-state index in [0.29, 0.717) is 29.5 Å². The number of quaternary nitrogens is 1. The number of aliphatic hydroxyl groups excluding tert-OH is 1. The van der Waals surface area contributed by atoms with Gasteiger partial charge in [-0.15, -0.1) is 15.9 Å². The third kappa shape index (κ3) is 5.38. The first-order valence-electron chi connectivity index (χ1n) is 11.0. The summed E-state index contributed by atoms with van der Waals surface area (Å²) in [4.78, 5) is 14.3. The number of rotatable bonds is 7. The number of piperidine rings is 1. The lowest BCUT2D eigenvalue weighted by Gasteiger charge is -2.32. The van der Waals surface area contributed by atoms with Crippen LogP contribution < -0.4 is 4.80 Å². The molecule has 176 valence electrons. The molecule has 7 nitrogen and oxygen atoms in total. The van der Waals surface area contributed by atoms with Crippen molar-refractivity contribution in [2.45, 2.75) is 37.1 Å². The zero-order valence-corrected chi connectivity index (χ0v) is 20.6. The molecule has 0 unspecified atom stereocenters. The third-order valence-corrected chi connectivity index (χ3v) is 8.75. The number of fused-ring (bicyclic) bond motifs is 1. The Labute approximate surface area is 202 Å². The van der Waals surface area contributed by atoms with Crippen LogP contribution in [0, 0.1) is 0 Å². The number of benzene rings is 2. The molecule has 0 saturated carbocycles. The van der Waals surface area contributed by atoms with Crippen molar-refractivity contribution < 1.29 is 22.9 Å². The fourth-order valence-corrected chi connectivity index (χ4v) is 6.46. The summed E-state index contributed by atoms with van der Waals surface area (Å²) < 4.78 is 27.8. The van der Waals surface area contributed by atoms with Crippen molar-refractivity contribution in [3.8, 4) is 0 Å². The lowest BCUT2D eigenvalue weighted by Crippen LogP contribution is -2.53. The third-order valence-electron chi connectivity index (χ3n) is 6.02. The molecule has 33 heavy (non-hydrogen) atoms. The summed E-state index contributed by atoms with van der Waals surface area (Å²) in [5.74, 6) is -0.448. The Morgan fingerprint density at radius 2 is 1.85 bits per heavy atom. The van der Waals surface area contributed by atoms with Gasteiger partial charge in [-0.05, 0) is 59.4 Å². The fourth-order valence-electron chi connectivity index (χ4n) is 4.20.